The quantitative estimate of drug-likeness (QED) is 0.805. The second kappa shape index (κ2) is 7.74. The fraction of sp³-hybridized carbons (Fsp3) is 0.526. The van der Waals surface area contributed by atoms with Gasteiger partial charge < -0.3 is 9.47 Å². The molecule has 2 aliphatic rings. The van der Waals surface area contributed by atoms with E-state index in [-0.39, 0.29) is 0 Å². The van der Waals surface area contributed by atoms with E-state index in [1.807, 2.05) is 35.7 Å². The number of pyridine rings is 1. The Morgan fingerprint density at radius 2 is 2.25 bits per heavy atom. The number of morpholine rings is 1. The van der Waals surface area contributed by atoms with Gasteiger partial charge in [-0.3, -0.25) is 9.88 Å². The summed E-state index contributed by atoms with van der Waals surface area (Å²) in [6, 6.07) is 10.9. The highest BCUT2D eigenvalue weighted by Crippen LogP contribution is 2.35. The molecule has 1 saturated heterocycles. The van der Waals surface area contributed by atoms with Gasteiger partial charge in [-0.25, -0.2) is 0 Å². The average Bonchev–Trinajstić information content (AvgIpc) is 3.26. The highest BCUT2D eigenvalue weighted by molar-refractivity contribution is 7.09. The van der Waals surface area contributed by atoms with Crippen LogP contribution in [0, 0.1) is 5.92 Å². The summed E-state index contributed by atoms with van der Waals surface area (Å²) >= 11 is 1.85. The molecule has 3 heterocycles. The molecule has 0 spiro atoms. The standard InChI is InChI=1S/C19H24N2O2S/c1-2-6-20-16(4-1)14-22-13-15-10-18-19(11-15)23-8-7-21(18)12-17-5-3-9-24-17/h1-6,9,15,18-19H,7-8,10-14H2/t15-,18-,19+/m0/s1. The van der Waals surface area contributed by atoms with Crippen LogP contribution in [0.4, 0.5) is 0 Å². The third-order valence-electron chi connectivity index (χ3n) is 5.02. The van der Waals surface area contributed by atoms with Gasteiger partial charge in [-0.05, 0) is 42.3 Å². The van der Waals surface area contributed by atoms with E-state index in [1.54, 1.807) is 0 Å². The minimum atomic E-state index is 0.377. The lowest BCUT2D eigenvalue weighted by molar-refractivity contribution is -0.0588. The van der Waals surface area contributed by atoms with Gasteiger partial charge in [0.25, 0.3) is 0 Å². The summed E-state index contributed by atoms with van der Waals surface area (Å²) in [5.41, 5.74) is 1.00. The van der Waals surface area contributed by atoms with Crippen LogP contribution in [0.2, 0.25) is 0 Å². The van der Waals surface area contributed by atoms with Gasteiger partial charge in [-0.2, -0.15) is 0 Å². The molecule has 128 valence electrons. The highest BCUT2D eigenvalue weighted by atomic mass is 32.1. The largest absolute Gasteiger partial charge is 0.375 e. The summed E-state index contributed by atoms with van der Waals surface area (Å²) in [6.07, 6.45) is 4.49. The van der Waals surface area contributed by atoms with Gasteiger partial charge in [0.2, 0.25) is 0 Å². The molecule has 0 radical (unpaired) electrons. The Kier molecular flexibility index (Phi) is 5.23. The number of thiophene rings is 1. The van der Waals surface area contributed by atoms with E-state index in [9.17, 15) is 0 Å². The van der Waals surface area contributed by atoms with Crippen molar-refractivity contribution in [1.29, 1.82) is 0 Å². The first-order valence-corrected chi connectivity index (χ1v) is 9.62. The van der Waals surface area contributed by atoms with Gasteiger partial charge in [0.05, 0.1) is 31.6 Å². The highest BCUT2D eigenvalue weighted by Gasteiger charge is 2.40. The molecule has 0 aromatic carbocycles. The SMILES string of the molecule is c1ccc(COC[C@@H]2C[C@H]3OCCN(Cc4cccs4)[C@H]3C2)nc1. The van der Waals surface area contributed by atoms with E-state index in [1.165, 1.54) is 11.3 Å². The fourth-order valence-electron chi connectivity index (χ4n) is 3.87. The Morgan fingerprint density at radius 3 is 3.08 bits per heavy atom. The zero-order chi connectivity index (χ0) is 16.2. The van der Waals surface area contributed by atoms with Gasteiger partial charge in [-0.15, -0.1) is 11.3 Å². The van der Waals surface area contributed by atoms with Crippen molar-refractivity contribution in [1.82, 2.24) is 9.88 Å². The normalized spacial score (nSPS) is 27.2. The lowest BCUT2D eigenvalue weighted by Crippen LogP contribution is -2.47. The Bertz CT molecular complexity index is 620. The zero-order valence-electron chi connectivity index (χ0n) is 13.8. The predicted molar refractivity (Wildman–Crippen MR) is 94.9 cm³/mol. The predicted octanol–water partition coefficient (Wildman–Crippen LogP) is 3.34. The number of hydrogen-bond acceptors (Lipinski definition) is 5. The molecule has 0 bridgehead atoms. The Morgan fingerprint density at radius 1 is 1.25 bits per heavy atom. The number of fused-ring (bicyclic) bond motifs is 1. The van der Waals surface area contributed by atoms with E-state index in [0.29, 0.717) is 24.7 Å². The lowest BCUT2D eigenvalue weighted by Gasteiger charge is -2.37. The minimum absolute atomic E-state index is 0.377. The summed E-state index contributed by atoms with van der Waals surface area (Å²) < 4.78 is 12.0. The van der Waals surface area contributed by atoms with Gasteiger partial charge in [0, 0.05) is 30.2 Å². The third-order valence-corrected chi connectivity index (χ3v) is 5.88. The van der Waals surface area contributed by atoms with Crippen LogP contribution in [0.15, 0.2) is 41.9 Å². The van der Waals surface area contributed by atoms with E-state index in [4.69, 9.17) is 9.47 Å². The Balaban J connectivity index is 1.29. The molecule has 0 N–H and O–H groups in total. The molecule has 1 saturated carbocycles. The van der Waals surface area contributed by atoms with E-state index >= 15 is 0 Å². The molecule has 1 aliphatic carbocycles. The first-order valence-electron chi connectivity index (χ1n) is 8.74. The maximum atomic E-state index is 6.04. The van der Waals surface area contributed by atoms with Crippen LogP contribution in [-0.4, -0.2) is 41.8 Å². The number of rotatable bonds is 6. The molecule has 2 aromatic rings. The maximum Gasteiger partial charge on any atom is 0.0887 e. The van der Waals surface area contributed by atoms with Gasteiger partial charge in [-0.1, -0.05) is 12.1 Å². The first-order chi connectivity index (χ1) is 11.9. The molecule has 2 aromatic heterocycles. The summed E-state index contributed by atoms with van der Waals surface area (Å²) in [7, 11) is 0. The molecular weight excluding hydrogens is 320 g/mol. The van der Waals surface area contributed by atoms with Gasteiger partial charge in [0.15, 0.2) is 0 Å². The third kappa shape index (κ3) is 3.86. The van der Waals surface area contributed by atoms with Crippen molar-refractivity contribution < 1.29 is 9.47 Å². The Labute approximate surface area is 147 Å². The lowest BCUT2D eigenvalue weighted by atomic mass is 10.1. The van der Waals surface area contributed by atoms with Crippen molar-refractivity contribution in [2.24, 2.45) is 5.92 Å². The van der Waals surface area contributed by atoms with Gasteiger partial charge >= 0.3 is 0 Å². The van der Waals surface area contributed by atoms with Crippen LogP contribution >= 0.6 is 11.3 Å². The first kappa shape index (κ1) is 16.2. The smallest absolute Gasteiger partial charge is 0.0887 e. The van der Waals surface area contributed by atoms with Crippen LogP contribution < -0.4 is 0 Å². The maximum absolute atomic E-state index is 6.04. The molecule has 4 rings (SSSR count). The minimum Gasteiger partial charge on any atom is -0.375 e. The van der Waals surface area contributed by atoms with E-state index in [0.717, 1.165) is 38.4 Å². The van der Waals surface area contributed by atoms with Crippen molar-refractivity contribution in [2.45, 2.75) is 38.1 Å². The van der Waals surface area contributed by atoms with E-state index in [2.05, 4.69) is 27.4 Å². The Hall–Kier alpha value is -1.27. The molecule has 1 aliphatic heterocycles. The number of nitrogens with zero attached hydrogens (tertiary/aromatic N) is 2. The van der Waals surface area contributed by atoms with Crippen LogP contribution in [0.25, 0.3) is 0 Å². The molecular formula is C19H24N2O2S. The number of aromatic nitrogens is 1. The van der Waals surface area contributed by atoms with Gasteiger partial charge in [0.1, 0.15) is 0 Å². The molecule has 0 amide bonds. The van der Waals surface area contributed by atoms with Crippen molar-refractivity contribution in [3.05, 3.63) is 52.5 Å². The van der Waals surface area contributed by atoms with Crippen molar-refractivity contribution in [3.63, 3.8) is 0 Å². The monoisotopic (exact) mass is 344 g/mol. The van der Waals surface area contributed by atoms with E-state index < -0.39 is 0 Å². The molecule has 4 nitrogen and oxygen atoms in total. The summed E-state index contributed by atoms with van der Waals surface area (Å²) in [5, 5.41) is 2.16. The van der Waals surface area contributed by atoms with Crippen LogP contribution in [0.1, 0.15) is 23.4 Å². The molecule has 3 atom stereocenters. The fourth-order valence-corrected chi connectivity index (χ4v) is 4.60. The van der Waals surface area contributed by atoms with Crippen LogP contribution in [0.5, 0.6) is 0 Å². The zero-order valence-corrected chi connectivity index (χ0v) is 14.7. The molecule has 2 fully saturated rings. The second-order valence-corrected chi connectivity index (χ2v) is 7.73. The van der Waals surface area contributed by atoms with Crippen molar-refractivity contribution in [2.75, 3.05) is 19.8 Å². The number of ether oxygens (including phenoxy) is 2. The molecule has 24 heavy (non-hydrogen) atoms. The average molecular weight is 344 g/mol. The van der Waals surface area contributed by atoms with Crippen LogP contribution in [-0.2, 0) is 22.6 Å². The van der Waals surface area contributed by atoms with Crippen molar-refractivity contribution >= 4 is 11.3 Å². The topological polar surface area (TPSA) is 34.6 Å². The summed E-state index contributed by atoms with van der Waals surface area (Å²) in [4.78, 5) is 8.37. The number of hydrogen-bond donors (Lipinski definition) is 0. The van der Waals surface area contributed by atoms with Crippen LogP contribution in [0.3, 0.4) is 0 Å². The summed E-state index contributed by atoms with van der Waals surface area (Å²) in [5.74, 6) is 0.590. The molecule has 5 heteroatoms. The molecule has 0 unspecified atom stereocenters. The summed E-state index contributed by atoms with van der Waals surface area (Å²) in [6.45, 7) is 4.37. The van der Waals surface area contributed by atoms with Crippen molar-refractivity contribution in [3.8, 4) is 0 Å². The second-order valence-electron chi connectivity index (χ2n) is 6.70.